The molecule has 4 rings (SSSR count). The third-order valence-corrected chi connectivity index (χ3v) is 5.46. The quantitative estimate of drug-likeness (QED) is 0.564. The number of nitrogens with zero attached hydrogens (tertiary/aromatic N) is 3. The largest absolute Gasteiger partial charge is 0.494 e. The maximum Gasteiger partial charge on any atom is 0.255 e. The first kappa shape index (κ1) is 20.2. The van der Waals surface area contributed by atoms with Crippen molar-refractivity contribution in [3.05, 3.63) is 59.2 Å². The van der Waals surface area contributed by atoms with Crippen molar-refractivity contribution >= 4 is 17.3 Å². The van der Waals surface area contributed by atoms with Crippen LogP contribution < -0.4 is 15.0 Å². The first-order valence-electron chi connectivity index (χ1n) is 10.3. The molecule has 0 fully saturated rings. The fourth-order valence-corrected chi connectivity index (χ4v) is 4.07. The van der Waals surface area contributed by atoms with Gasteiger partial charge in [-0.3, -0.25) is 4.79 Å². The number of para-hydroxylation sites is 1. The minimum absolute atomic E-state index is 0.0734. The van der Waals surface area contributed by atoms with Gasteiger partial charge in [0.1, 0.15) is 19.0 Å². The van der Waals surface area contributed by atoms with Crippen molar-refractivity contribution in [3.8, 4) is 5.75 Å². The summed E-state index contributed by atoms with van der Waals surface area (Å²) in [5.41, 5.74) is 4.46. The van der Waals surface area contributed by atoms with Crippen LogP contribution in [0, 0.1) is 0 Å². The molecule has 0 spiro atoms. The summed E-state index contributed by atoms with van der Waals surface area (Å²) in [6, 6.07) is 13.8. The molecule has 0 bridgehead atoms. The van der Waals surface area contributed by atoms with E-state index in [2.05, 4.69) is 34.4 Å². The lowest BCUT2D eigenvalue weighted by molar-refractivity contribution is 0.0926. The topological polar surface area (TPSA) is 66.4 Å². The van der Waals surface area contributed by atoms with Crippen LogP contribution in [0.5, 0.6) is 5.75 Å². The van der Waals surface area contributed by atoms with E-state index in [9.17, 15) is 4.79 Å². The summed E-state index contributed by atoms with van der Waals surface area (Å²) in [6.45, 7) is 2.43. The Morgan fingerprint density at radius 1 is 1.17 bits per heavy atom. The fraction of sp³-hybridized carbons (Fsp3) is 0.391. The van der Waals surface area contributed by atoms with E-state index in [-0.39, 0.29) is 12.1 Å². The molecule has 2 aromatic carbocycles. The number of carbonyl (C=O) groups excluding carboxylic acids is 1. The van der Waals surface area contributed by atoms with Crippen molar-refractivity contribution in [2.24, 2.45) is 5.16 Å². The fourth-order valence-electron chi connectivity index (χ4n) is 4.07. The highest BCUT2D eigenvalue weighted by Gasteiger charge is 2.37. The molecule has 1 unspecified atom stereocenters. The number of ether oxygens (including phenoxy) is 1. The van der Waals surface area contributed by atoms with Crippen LogP contribution >= 0.6 is 0 Å². The van der Waals surface area contributed by atoms with Gasteiger partial charge in [0.25, 0.3) is 5.91 Å². The number of rotatable bonds is 7. The molecule has 0 saturated carbocycles. The lowest BCUT2D eigenvalue weighted by Gasteiger charge is -2.42. The number of hydrogen-bond acceptors (Lipinski definition) is 6. The third kappa shape index (κ3) is 3.98. The zero-order chi connectivity index (χ0) is 21.1. The maximum atomic E-state index is 12.8. The van der Waals surface area contributed by atoms with Gasteiger partial charge < -0.3 is 24.7 Å². The molecule has 1 amide bonds. The smallest absolute Gasteiger partial charge is 0.255 e. The molecular formula is C23H28N4O3. The van der Waals surface area contributed by atoms with Crippen LogP contribution in [0.1, 0.15) is 40.5 Å². The summed E-state index contributed by atoms with van der Waals surface area (Å²) in [5.74, 6) is 0.768. The van der Waals surface area contributed by atoms with Crippen LogP contribution in [0.2, 0.25) is 0 Å². The average molecular weight is 409 g/mol. The highest BCUT2D eigenvalue weighted by atomic mass is 16.6. The van der Waals surface area contributed by atoms with Gasteiger partial charge in [-0.1, -0.05) is 29.4 Å². The van der Waals surface area contributed by atoms with Crippen molar-refractivity contribution in [1.82, 2.24) is 10.2 Å². The summed E-state index contributed by atoms with van der Waals surface area (Å²) in [6.07, 6.45) is 1.51. The average Bonchev–Trinajstić information content (AvgIpc) is 2.75. The van der Waals surface area contributed by atoms with E-state index in [1.54, 1.807) is 7.11 Å². The van der Waals surface area contributed by atoms with E-state index in [0.29, 0.717) is 12.2 Å². The lowest BCUT2D eigenvalue weighted by atomic mass is 9.92. The third-order valence-electron chi connectivity index (χ3n) is 5.46. The predicted molar refractivity (Wildman–Crippen MR) is 117 cm³/mol. The molecule has 0 aliphatic carbocycles. The molecule has 7 heteroatoms. The first-order chi connectivity index (χ1) is 14.6. The van der Waals surface area contributed by atoms with Crippen molar-refractivity contribution in [1.29, 1.82) is 0 Å². The minimum atomic E-state index is -0.224. The molecule has 2 aliphatic heterocycles. The summed E-state index contributed by atoms with van der Waals surface area (Å²) < 4.78 is 5.84. The van der Waals surface area contributed by atoms with Gasteiger partial charge in [0, 0.05) is 25.1 Å². The number of nitrogens with one attached hydrogen (secondary N) is 1. The molecule has 30 heavy (non-hydrogen) atoms. The van der Waals surface area contributed by atoms with E-state index in [1.165, 1.54) is 0 Å². The van der Waals surface area contributed by atoms with E-state index >= 15 is 0 Å². The van der Waals surface area contributed by atoms with Gasteiger partial charge in [0.15, 0.2) is 0 Å². The van der Waals surface area contributed by atoms with Crippen LogP contribution in [0.15, 0.2) is 47.6 Å². The number of carbonyl (C=O) groups is 1. The number of anilines is 1. The summed E-state index contributed by atoms with van der Waals surface area (Å²) in [4.78, 5) is 22.2. The molecule has 0 saturated heterocycles. The van der Waals surface area contributed by atoms with Crippen molar-refractivity contribution in [2.45, 2.75) is 19.0 Å². The Morgan fingerprint density at radius 2 is 1.93 bits per heavy atom. The molecule has 1 atom stereocenters. The van der Waals surface area contributed by atoms with Crippen LogP contribution in [0.3, 0.4) is 0 Å². The Balaban J connectivity index is 1.56. The highest BCUT2D eigenvalue weighted by Crippen LogP contribution is 2.39. The molecule has 2 aliphatic rings. The first-order valence-corrected chi connectivity index (χ1v) is 10.3. The van der Waals surface area contributed by atoms with Gasteiger partial charge in [-0.05, 0) is 44.3 Å². The molecule has 2 aromatic rings. The second kappa shape index (κ2) is 8.75. The summed E-state index contributed by atoms with van der Waals surface area (Å²) in [7, 11) is 5.66. The number of benzene rings is 2. The minimum Gasteiger partial charge on any atom is -0.494 e. The molecule has 158 valence electrons. The standard InChI is InChI=1S/C23H28N4O3/c1-26(2)13-5-15-30-17-10-8-16(9-11-17)22-24-23(28)19-7-4-6-18-20(25-29-3)12-14-27(22)21(18)19/h4,6-11,22H,5,12-15H2,1-3H3,(H,24,28)/b25-20-. The highest BCUT2D eigenvalue weighted by molar-refractivity contribution is 6.13. The molecule has 0 aromatic heterocycles. The number of amides is 1. The van der Waals surface area contributed by atoms with Crippen LogP contribution in [0.25, 0.3) is 0 Å². The number of hydrogen-bond donors (Lipinski definition) is 1. The molecule has 7 nitrogen and oxygen atoms in total. The molecule has 0 radical (unpaired) electrons. The van der Waals surface area contributed by atoms with Gasteiger partial charge >= 0.3 is 0 Å². The molecule has 1 N–H and O–H groups in total. The zero-order valence-corrected chi connectivity index (χ0v) is 17.7. The Morgan fingerprint density at radius 3 is 2.67 bits per heavy atom. The Labute approximate surface area is 177 Å². The van der Waals surface area contributed by atoms with Gasteiger partial charge in [0.2, 0.25) is 0 Å². The van der Waals surface area contributed by atoms with Gasteiger partial charge in [0.05, 0.1) is 23.6 Å². The van der Waals surface area contributed by atoms with Gasteiger partial charge in [-0.15, -0.1) is 0 Å². The van der Waals surface area contributed by atoms with Crippen LogP contribution in [0.4, 0.5) is 5.69 Å². The maximum absolute atomic E-state index is 12.8. The van der Waals surface area contributed by atoms with Gasteiger partial charge in [-0.25, -0.2) is 0 Å². The van der Waals surface area contributed by atoms with Crippen LogP contribution in [-0.4, -0.2) is 57.4 Å². The SMILES string of the molecule is CO/N=C1/CCN2c3c(cccc31)C(=O)NC2c1ccc(OCCCN(C)C)cc1. The van der Waals surface area contributed by atoms with E-state index in [1.807, 2.05) is 42.5 Å². The van der Waals surface area contributed by atoms with E-state index in [0.717, 1.165) is 54.2 Å². The Hall–Kier alpha value is -3.06. The summed E-state index contributed by atoms with van der Waals surface area (Å²) in [5, 5.41) is 7.33. The van der Waals surface area contributed by atoms with E-state index < -0.39 is 0 Å². The monoisotopic (exact) mass is 408 g/mol. The van der Waals surface area contributed by atoms with Gasteiger partial charge in [-0.2, -0.15) is 0 Å². The van der Waals surface area contributed by atoms with Crippen molar-refractivity contribution < 1.29 is 14.4 Å². The molecular weight excluding hydrogens is 380 g/mol. The Kier molecular flexibility index (Phi) is 5.90. The van der Waals surface area contributed by atoms with Crippen molar-refractivity contribution in [3.63, 3.8) is 0 Å². The summed E-state index contributed by atoms with van der Waals surface area (Å²) >= 11 is 0. The lowest BCUT2D eigenvalue weighted by Crippen LogP contribution is -2.49. The second-order valence-electron chi connectivity index (χ2n) is 7.82. The normalized spacial score (nSPS) is 18.9. The van der Waals surface area contributed by atoms with Crippen molar-refractivity contribution in [2.75, 3.05) is 45.8 Å². The number of oxime groups is 1. The Bertz CT molecular complexity index is 940. The van der Waals surface area contributed by atoms with Crippen LogP contribution in [-0.2, 0) is 4.84 Å². The predicted octanol–water partition coefficient (Wildman–Crippen LogP) is 3.02. The van der Waals surface area contributed by atoms with E-state index in [4.69, 9.17) is 9.57 Å². The molecule has 2 heterocycles. The zero-order valence-electron chi connectivity index (χ0n) is 17.7. The second-order valence-corrected chi connectivity index (χ2v) is 7.82.